The number of halogens is 1. The number of nitrogens with one attached hydrogen (secondary N) is 1. The van der Waals surface area contributed by atoms with Gasteiger partial charge >= 0.3 is 6.01 Å². The van der Waals surface area contributed by atoms with Gasteiger partial charge in [-0.1, -0.05) is 18.5 Å². The molecule has 1 N–H and O–H groups in total. The van der Waals surface area contributed by atoms with Gasteiger partial charge in [-0.2, -0.15) is 20.1 Å². The minimum Gasteiger partial charge on any atom is -0.464 e. The SMILES string of the molecule is CCCNc1nc(OCC)nc(-n2cc(Cl)cn2)n1. The summed E-state index contributed by atoms with van der Waals surface area (Å²) in [6.07, 6.45) is 4.11. The number of nitrogens with zero attached hydrogens (tertiary/aromatic N) is 5. The predicted octanol–water partition coefficient (Wildman–Crippen LogP) is 1.93. The van der Waals surface area contributed by atoms with Crippen molar-refractivity contribution in [3.63, 3.8) is 0 Å². The van der Waals surface area contributed by atoms with Gasteiger partial charge in [-0.3, -0.25) is 0 Å². The van der Waals surface area contributed by atoms with Crippen molar-refractivity contribution in [2.45, 2.75) is 20.3 Å². The van der Waals surface area contributed by atoms with Crippen LogP contribution in [0.15, 0.2) is 12.4 Å². The summed E-state index contributed by atoms with van der Waals surface area (Å²) in [5.74, 6) is 0.825. The lowest BCUT2D eigenvalue weighted by Gasteiger charge is -2.07. The molecular weight excluding hydrogens is 268 g/mol. The smallest absolute Gasteiger partial charge is 0.323 e. The molecule has 2 heterocycles. The molecule has 0 saturated heterocycles. The lowest BCUT2D eigenvalue weighted by atomic mass is 10.5. The van der Waals surface area contributed by atoms with E-state index in [1.54, 1.807) is 6.20 Å². The minimum absolute atomic E-state index is 0.262. The van der Waals surface area contributed by atoms with Gasteiger partial charge in [0, 0.05) is 6.54 Å². The zero-order valence-corrected chi connectivity index (χ0v) is 11.6. The van der Waals surface area contributed by atoms with Crippen LogP contribution in [0.2, 0.25) is 5.02 Å². The van der Waals surface area contributed by atoms with E-state index in [2.05, 4.69) is 32.3 Å². The quantitative estimate of drug-likeness (QED) is 0.872. The summed E-state index contributed by atoms with van der Waals surface area (Å²) in [5, 5.41) is 7.67. The standard InChI is InChI=1S/C11H15ClN6O/c1-3-5-13-9-15-10(17-11(16-9)19-4-2)18-7-8(12)6-14-18/h6-7H,3-5H2,1-2H3,(H,13,15,16,17). The van der Waals surface area contributed by atoms with Gasteiger partial charge in [0.25, 0.3) is 5.95 Å². The van der Waals surface area contributed by atoms with Gasteiger partial charge in [0.2, 0.25) is 5.95 Å². The van der Waals surface area contributed by atoms with Crippen molar-refractivity contribution in [1.29, 1.82) is 0 Å². The Morgan fingerprint density at radius 1 is 1.32 bits per heavy atom. The minimum atomic E-state index is 0.262. The summed E-state index contributed by atoms with van der Waals surface area (Å²) < 4.78 is 6.79. The van der Waals surface area contributed by atoms with Crippen molar-refractivity contribution in [3.05, 3.63) is 17.4 Å². The number of rotatable bonds is 6. The Labute approximate surface area is 116 Å². The van der Waals surface area contributed by atoms with Crippen LogP contribution in [0.4, 0.5) is 5.95 Å². The number of hydrogen-bond acceptors (Lipinski definition) is 6. The second-order valence-corrected chi connectivity index (χ2v) is 4.14. The molecule has 0 aliphatic heterocycles. The van der Waals surface area contributed by atoms with Gasteiger partial charge in [0.15, 0.2) is 0 Å². The molecule has 2 aromatic rings. The first-order valence-electron chi connectivity index (χ1n) is 6.06. The highest BCUT2D eigenvalue weighted by Gasteiger charge is 2.09. The van der Waals surface area contributed by atoms with Crippen LogP contribution < -0.4 is 10.1 Å². The maximum Gasteiger partial charge on any atom is 0.323 e. The Morgan fingerprint density at radius 2 is 2.16 bits per heavy atom. The van der Waals surface area contributed by atoms with E-state index < -0.39 is 0 Å². The van der Waals surface area contributed by atoms with Crippen molar-refractivity contribution in [2.24, 2.45) is 0 Å². The van der Waals surface area contributed by atoms with E-state index in [0.717, 1.165) is 13.0 Å². The first-order chi connectivity index (χ1) is 9.22. The van der Waals surface area contributed by atoms with Gasteiger partial charge < -0.3 is 10.1 Å². The van der Waals surface area contributed by atoms with Crippen LogP contribution in [0.25, 0.3) is 5.95 Å². The van der Waals surface area contributed by atoms with Crippen LogP contribution in [0.3, 0.4) is 0 Å². The largest absolute Gasteiger partial charge is 0.464 e. The normalized spacial score (nSPS) is 10.5. The Bertz CT molecular complexity index is 544. The van der Waals surface area contributed by atoms with Crippen molar-refractivity contribution in [2.75, 3.05) is 18.5 Å². The molecule has 8 heteroatoms. The van der Waals surface area contributed by atoms with E-state index in [4.69, 9.17) is 16.3 Å². The van der Waals surface area contributed by atoms with E-state index >= 15 is 0 Å². The fourth-order valence-corrected chi connectivity index (χ4v) is 1.50. The van der Waals surface area contributed by atoms with Gasteiger partial charge in [0.05, 0.1) is 24.0 Å². The number of aromatic nitrogens is 5. The highest BCUT2D eigenvalue weighted by atomic mass is 35.5. The van der Waals surface area contributed by atoms with Crippen LogP contribution in [0, 0.1) is 0 Å². The fraction of sp³-hybridized carbons (Fsp3) is 0.455. The fourth-order valence-electron chi connectivity index (χ4n) is 1.37. The van der Waals surface area contributed by atoms with Gasteiger partial charge in [-0.05, 0) is 13.3 Å². The zero-order chi connectivity index (χ0) is 13.7. The number of hydrogen-bond donors (Lipinski definition) is 1. The van der Waals surface area contributed by atoms with E-state index in [1.165, 1.54) is 10.9 Å². The molecule has 2 aromatic heterocycles. The molecule has 102 valence electrons. The topological polar surface area (TPSA) is 77.8 Å². The molecule has 0 aliphatic rings. The molecule has 0 amide bonds. The molecule has 0 atom stereocenters. The molecule has 0 fully saturated rings. The van der Waals surface area contributed by atoms with Crippen LogP contribution in [0.1, 0.15) is 20.3 Å². The average Bonchev–Trinajstić information content (AvgIpc) is 2.83. The molecule has 19 heavy (non-hydrogen) atoms. The second-order valence-electron chi connectivity index (χ2n) is 3.70. The van der Waals surface area contributed by atoms with Crippen LogP contribution in [-0.2, 0) is 0 Å². The van der Waals surface area contributed by atoms with Crippen molar-refractivity contribution < 1.29 is 4.74 Å². The summed E-state index contributed by atoms with van der Waals surface area (Å²) in [5.41, 5.74) is 0. The predicted molar refractivity (Wildman–Crippen MR) is 71.9 cm³/mol. The van der Waals surface area contributed by atoms with Crippen LogP contribution in [0.5, 0.6) is 6.01 Å². The maximum absolute atomic E-state index is 5.83. The Morgan fingerprint density at radius 3 is 2.79 bits per heavy atom. The van der Waals surface area contributed by atoms with E-state index in [0.29, 0.717) is 23.5 Å². The highest BCUT2D eigenvalue weighted by molar-refractivity contribution is 6.30. The van der Waals surface area contributed by atoms with Gasteiger partial charge in [-0.25, -0.2) is 4.68 Å². The first kappa shape index (κ1) is 13.5. The third-order valence-corrected chi connectivity index (χ3v) is 2.36. The molecule has 7 nitrogen and oxygen atoms in total. The van der Waals surface area contributed by atoms with Gasteiger partial charge in [0.1, 0.15) is 0 Å². The van der Waals surface area contributed by atoms with E-state index in [9.17, 15) is 0 Å². The average molecular weight is 283 g/mol. The van der Waals surface area contributed by atoms with Crippen molar-refractivity contribution >= 4 is 17.5 Å². The molecule has 0 spiro atoms. The van der Waals surface area contributed by atoms with E-state index in [-0.39, 0.29) is 6.01 Å². The Balaban J connectivity index is 2.33. The molecular formula is C11H15ClN6O. The van der Waals surface area contributed by atoms with Crippen molar-refractivity contribution in [1.82, 2.24) is 24.7 Å². The second kappa shape index (κ2) is 6.33. The molecule has 0 aromatic carbocycles. The van der Waals surface area contributed by atoms with Crippen LogP contribution >= 0.6 is 11.6 Å². The van der Waals surface area contributed by atoms with E-state index in [1.807, 2.05) is 6.92 Å². The first-order valence-corrected chi connectivity index (χ1v) is 6.44. The number of ether oxygens (including phenoxy) is 1. The lowest BCUT2D eigenvalue weighted by molar-refractivity contribution is 0.311. The molecule has 0 unspecified atom stereocenters. The summed E-state index contributed by atoms with van der Waals surface area (Å²) in [6, 6.07) is 0.262. The third kappa shape index (κ3) is 3.54. The molecule has 2 rings (SSSR count). The summed E-state index contributed by atoms with van der Waals surface area (Å²) in [6.45, 7) is 5.19. The molecule has 0 saturated carbocycles. The zero-order valence-electron chi connectivity index (χ0n) is 10.8. The summed E-state index contributed by atoms with van der Waals surface area (Å²) in [4.78, 5) is 12.6. The highest BCUT2D eigenvalue weighted by Crippen LogP contribution is 2.13. The molecule has 0 aliphatic carbocycles. The monoisotopic (exact) mass is 282 g/mol. The lowest BCUT2D eigenvalue weighted by Crippen LogP contribution is -2.11. The van der Waals surface area contributed by atoms with Crippen molar-refractivity contribution in [3.8, 4) is 12.0 Å². The Kier molecular flexibility index (Phi) is 4.51. The van der Waals surface area contributed by atoms with Gasteiger partial charge in [-0.15, -0.1) is 0 Å². The third-order valence-electron chi connectivity index (χ3n) is 2.17. The molecule has 0 radical (unpaired) electrons. The summed E-state index contributed by atoms with van der Waals surface area (Å²) in [7, 11) is 0. The Hall–Kier alpha value is -1.89. The number of anilines is 1. The van der Waals surface area contributed by atoms with Crippen LogP contribution in [-0.4, -0.2) is 37.9 Å². The summed E-state index contributed by atoms with van der Waals surface area (Å²) >= 11 is 5.83. The molecule has 0 bridgehead atoms. The maximum atomic E-state index is 5.83.